The second-order valence-electron chi connectivity index (χ2n) is 8.84. The summed E-state index contributed by atoms with van der Waals surface area (Å²) in [6, 6.07) is 5.96. The first-order valence-corrected chi connectivity index (χ1v) is 11.4. The first-order chi connectivity index (χ1) is 14.8. The average Bonchev–Trinajstić information content (AvgIpc) is 2.77. The van der Waals surface area contributed by atoms with Gasteiger partial charge in [0.25, 0.3) is 5.78 Å². The molecule has 1 aromatic rings. The second-order valence-corrected chi connectivity index (χ2v) is 8.84. The van der Waals surface area contributed by atoms with Crippen LogP contribution in [0.2, 0.25) is 0 Å². The van der Waals surface area contributed by atoms with E-state index in [-0.39, 0.29) is 17.6 Å². The summed E-state index contributed by atoms with van der Waals surface area (Å²) in [5, 5.41) is 0. The first kappa shape index (κ1) is 23.6. The number of ether oxygens (including phenoxy) is 1. The summed E-state index contributed by atoms with van der Waals surface area (Å²) in [4.78, 5) is 23.1. The van der Waals surface area contributed by atoms with Crippen molar-refractivity contribution >= 4 is 11.8 Å². The molecule has 0 amide bonds. The number of rotatable bonds is 6. The molecule has 2 aliphatic carbocycles. The summed E-state index contributed by atoms with van der Waals surface area (Å²) in [6.07, 6.45) is 7.62. The average molecular weight is 437 g/mol. The molecule has 3 nitrogen and oxygen atoms in total. The van der Waals surface area contributed by atoms with E-state index in [0.717, 1.165) is 63.4 Å². The summed E-state index contributed by atoms with van der Waals surface area (Å²) < 4.78 is 43.2. The Labute approximate surface area is 182 Å². The number of Topliss-reactive ketones (excluding diaryl/α,β-unsaturated/α-hetero) is 1. The van der Waals surface area contributed by atoms with E-state index in [4.69, 9.17) is 4.74 Å². The number of benzene rings is 1. The standard InChI is InChI=1S/C25H31F3O3/c1-2-3-4-23(29)31-22-15-13-20(14-16-22)18-7-5-17(6-8-18)19-9-11-21(12-10-19)24(30)25(26,27)28/h3-4,9-12,17-18,20,22H,2,5-8,13-16H2,1H3. The van der Waals surface area contributed by atoms with E-state index in [0.29, 0.717) is 17.8 Å². The van der Waals surface area contributed by atoms with Crippen LogP contribution in [0.25, 0.3) is 0 Å². The lowest BCUT2D eigenvalue weighted by Crippen LogP contribution is -2.29. The molecule has 6 heteroatoms. The number of ketones is 1. The third kappa shape index (κ3) is 6.44. The molecular formula is C25H31F3O3. The van der Waals surface area contributed by atoms with Gasteiger partial charge in [-0.2, -0.15) is 13.2 Å². The van der Waals surface area contributed by atoms with Crippen LogP contribution >= 0.6 is 0 Å². The van der Waals surface area contributed by atoms with Crippen LogP contribution in [0, 0.1) is 11.8 Å². The Bertz CT molecular complexity index is 766. The largest absolute Gasteiger partial charge is 0.459 e. The molecule has 31 heavy (non-hydrogen) atoms. The van der Waals surface area contributed by atoms with Gasteiger partial charge in [0.1, 0.15) is 6.10 Å². The van der Waals surface area contributed by atoms with Gasteiger partial charge in [0.05, 0.1) is 0 Å². The molecule has 0 unspecified atom stereocenters. The van der Waals surface area contributed by atoms with Crippen molar-refractivity contribution in [2.24, 2.45) is 11.8 Å². The highest BCUT2D eigenvalue weighted by Crippen LogP contribution is 2.43. The molecule has 170 valence electrons. The van der Waals surface area contributed by atoms with Crippen molar-refractivity contribution in [3.8, 4) is 0 Å². The molecule has 0 aromatic heterocycles. The third-order valence-corrected chi connectivity index (χ3v) is 6.83. The smallest absolute Gasteiger partial charge is 0.454 e. The van der Waals surface area contributed by atoms with E-state index in [1.807, 2.05) is 13.0 Å². The van der Waals surface area contributed by atoms with E-state index in [1.165, 1.54) is 18.2 Å². The fourth-order valence-corrected chi connectivity index (χ4v) is 5.09. The zero-order valence-electron chi connectivity index (χ0n) is 18.0. The molecule has 2 saturated carbocycles. The van der Waals surface area contributed by atoms with Gasteiger partial charge in [-0.05, 0) is 81.1 Å². The Morgan fingerprint density at radius 3 is 2.00 bits per heavy atom. The maximum absolute atomic E-state index is 12.6. The molecule has 3 rings (SSSR count). The number of hydrogen-bond acceptors (Lipinski definition) is 3. The van der Waals surface area contributed by atoms with Crippen LogP contribution in [0.4, 0.5) is 13.2 Å². The fraction of sp³-hybridized carbons (Fsp3) is 0.600. The molecule has 0 N–H and O–H groups in total. The van der Waals surface area contributed by atoms with Crippen LogP contribution in [0.1, 0.15) is 86.6 Å². The monoisotopic (exact) mass is 436 g/mol. The highest BCUT2D eigenvalue weighted by Gasteiger charge is 2.39. The van der Waals surface area contributed by atoms with Gasteiger partial charge < -0.3 is 4.74 Å². The van der Waals surface area contributed by atoms with Crippen molar-refractivity contribution in [2.45, 2.75) is 82.9 Å². The van der Waals surface area contributed by atoms with Gasteiger partial charge in [0.2, 0.25) is 0 Å². The van der Waals surface area contributed by atoms with Gasteiger partial charge in [0.15, 0.2) is 0 Å². The molecule has 1 aromatic carbocycles. The predicted octanol–water partition coefficient (Wildman–Crippen LogP) is 6.77. The minimum absolute atomic E-state index is 0.0273. The van der Waals surface area contributed by atoms with Crippen LogP contribution in [0.5, 0.6) is 0 Å². The topological polar surface area (TPSA) is 43.4 Å². The molecule has 0 radical (unpaired) electrons. The third-order valence-electron chi connectivity index (χ3n) is 6.83. The molecular weight excluding hydrogens is 405 g/mol. The number of alkyl halides is 3. The highest BCUT2D eigenvalue weighted by molar-refractivity contribution is 6.00. The normalized spacial score (nSPS) is 27.2. The van der Waals surface area contributed by atoms with Gasteiger partial charge in [-0.1, -0.05) is 37.3 Å². The van der Waals surface area contributed by atoms with Gasteiger partial charge in [-0.15, -0.1) is 0 Å². The highest BCUT2D eigenvalue weighted by atomic mass is 19.4. The maximum Gasteiger partial charge on any atom is 0.454 e. The maximum atomic E-state index is 12.6. The lowest BCUT2D eigenvalue weighted by Gasteiger charge is -2.37. The van der Waals surface area contributed by atoms with E-state index in [2.05, 4.69) is 0 Å². The molecule has 2 aliphatic rings. The van der Waals surface area contributed by atoms with Gasteiger partial charge in [0, 0.05) is 11.6 Å². The summed E-state index contributed by atoms with van der Waals surface area (Å²) in [6.45, 7) is 1.98. The van der Waals surface area contributed by atoms with Crippen molar-refractivity contribution in [3.63, 3.8) is 0 Å². The molecule has 0 saturated heterocycles. The second kappa shape index (κ2) is 10.5. The van der Waals surface area contributed by atoms with Crippen molar-refractivity contribution < 1.29 is 27.5 Å². The fourth-order valence-electron chi connectivity index (χ4n) is 5.09. The first-order valence-electron chi connectivity index (χ1n) is 11.4. The molecule has 0 atom stereocenters. The van der Waals surface area contributed by atoms with Crippen molar-refractivity contribution in [1.29, 1.82) is 0 Å². The van der Waals surface area contributed by atoms with Gasteiger partial charge in [-0.3, -0.25) is 4.79 Å². The van der Waals surface area contributed by atoms with Crippen LogP contribution in [-0.4, -0.2) is 24.0 Å². The summed E-state index contributed by atoms with van der Waals surface area (Å²) in [7, 11) is 0. The zero-order chi connectivity index (χ0) is 22.4. The van der Waals surface area contributed by atoms with Crippen molar-refractivity contribution in [2.75, 3.05) is 0 Å². The number of carbonyl (C=O) groups is 2. The Hall–Kier alpha value is -2.11. The minimum Gasteiger partial charge on any atom is -0.459 e. The Kier molecular flexibility index (Phi) is 7.95. The molecule has 0 bridgehead atoms. The van der Waals surface area contributed by atoms with Crippen molar-refractivity contribution in [1.82, 2.24) is 0 Å². The number of carbonyl (C=O) groups excluding carboxylic acids is 2. The molecule has 0 heterocycles. The van der Waals surface area contributed by atoms with E-state index < -0.39 is 12.0 Å². The number of halogens is 3. The Morgan fingerprint density at radius 1 is 0.935 bits per heavy atom. The minimum atomic E-state index is -4.83. The lowest BCUT2D eigenvalue weighted by atomic mass is 9.69. The van der Waals surface area contributed by atoms with Crippen LogP contribution in [0.3, 0.4) is 0 Å². The predicted molar refractivity (Wildman–Crippen MR) is 113 cm³/mol. The van der Waals surface area contributed by atoms with Crippen LogP contribution < -0.4 is 0 Å². The summed E-state index contributed by atoms with van der Waals surface area (Å²) >= 11 is 0. The molecule has 0 spiro atoms. The number of esters is 1. The van der Waals surface area contributed by atoms with E-state index in [1.54, 1.807) is 12.1 Å². The van der Waals surface area contributed by atoms with E-state index >= 15 is 0 Å². The lowest BCUT2D eigenvalue weighted by molar-refractivity contribution is -0.145. The van der Waals surface area contributed by atoms with Crippen LogP contribution in [-0.2, 0) is 9.53 Å². The quantitative estimate of drug-likeness (QED) is 0.281. The Balaban J connectivity index is 1.44. The van der Waals surface area contributed by atoms with Gasteiger partial charge in [-0.25, -0.2) is 4.79 Å². The number of hydrogen-bond donors (Lipinski definition) is 0. The number of allylic oxidation sites excluding steroid dienone is 1. The van der Waals surface area contributed by atoms with Crippen molar-refractivity contribution in [3.05, 3.63) is 47.5 Å². The van der Waals surface area contributed by atoms with Gasteiger partial charge >= 0.3 is 12.1 Å². The zero-order valence-corrected chi connectivity index (χ0v) is 18.0. The summed E-state index contributed by atoms with van der Waals surface area (Å²) in [5.74, 6) is -0.360. The molecule has 0 aliphatic heterocycles. The SMILES string of the molecule is CCC=CC(=O)OC1CCC(C2CCC(c3ccc(C(=O)C(F)(F)F)cc3)CC2)CC1. The summed E-state index contributed by atoms with van der Waals surface area (Å²) in [5.41, 5.74) is 0.723. The Morgan fingerprint density at radius 2 is 1.48 bits per heavy atom. The molecule has 2 fully saturated rings. The van der Waals surface area contributed by atoms with E-state index in [9.17, 15) is 22.8 Å². The van der Waals surface area contributed by atoms with Crippen LogP contribution in [0.15, 0.2) is 36.4 Å².